The van der Waals surface area contributed by atoms with Gasteiger partial charge < -0.3 is 10.6 Å². The highest BCUT2D eigenvalue weighted by Gasteiger charge is 2.40. The molecule has 1 saturated heterocycles. The Morgan fingerprint density at radius 1 is 1.22 bits per heavy atom. The van der Waals surface area contributed by atoms with Gasteiger partial charge in [-0.2, -0.15) is 5.10 Å². The number of nitrogen functional groups attached to an aromatic ring is 1. The molecular formula is C14H26N4. The van der Waals surface area contributed by atoms with Gasteiger partial charge in [-0.3, -0.25) is 4.68 Å². The van der Waals surface area contributed by atoms with E-state index in [2.05, 4.69) is 23.8 Å². The van der Waals surface area contributed by atoms with Gasteiger partial charge in [-0.15, -0.1) is 0 Å². The number of aromatic nitrogens is 2. The molecule has 102 valence electrons. The van der Waals surface area contributed by atoms with E-state index >= 15 is 0 Å². The Labute approximate surface area is 110 Å². The molecule has 0 aromatic carbocycles. The molecule has 0 bridgehead atoms. The molecule has 0 unspecified atom stereocenters. The maximum absolute atomic E-state index is 5.66. The fraction of sp³-hybridized carbons (Fsp3) is 0.786. The summed E-state index contributed by atoms with van der Waals surface area (Å²) in [5, 5.41) is 4.22. The van der Waals surface area contributed by atoms with Gasteiger partial charge in [0, 0.05) is 25.8 Å². The molecule has 0 aliphatic carbocycles. The number of hydrogen-bond donors (Lipinski definition) is 1. The van der Waals surface area contributed by atoms with Crippen LogP contribution in [0.25, 0.3) is 0 Å². The normalized spacial score (nSPS) is 18.8. The summed E-state index contributed by atoms with van der Waals surface area (Å²) >= 11 is 0. The first-order valence-electron chi connectivity index (χ1n) is 7.18. The molecule has 18 heavy (non-hydrogen) atoms. The van der Waals surface area contributed by atoms with Crippen LogP contribution in [-0.2, 0) is 6.54 Å². The van der Waals surface area contributed by atoms with Gasteiger partial charge in [0.1, 0.15) is 0 Å². The third-order valence-electron chi connectivity index (χ3n) is 3.98. The number of nitrogens with two attached hydrogens (primary N) is 1. The van der Waals surface area contributed by atoms with Crippen LogP contribution in [-0.4, -0.2) is 34.3 Å². The summed E-state index contributed by atoms with van der Waals surface area (Å²) in [5.74, 6) is 0. The average molecular weight is 250 g/mol. The second-order valence-corrected chi connectivity index (χ2v) is 5.75. The van der Waals surface area contributed by atoms with Gasteiger partial charge >= 0.3 is 0 Å². The van der Waals surface area contributed by atoms with Crippen molar-refractivity contribution in [1.29, 1.82) is 0 Å². The maximum atomic E-state index is 5.66. The number of nitrogens with zero attached hydrogens (tertiary/aromatic N) is 3. The molecule has 0 spiro atoms. The van der Waals surface area contributed by atoms with E-state index in [1.807, 2.05) is 10.9 Å². The largest absolute Gasteiger partial charge is 0.396 e. The lowest BCUT2D eigenvalue weighted by molar-refractivity contribution is -0.0167. The van der Waals surface area contributed by atoms with Crippen LogP contribution in [0.3, 0.4) is 0 Å². The third kappa shape index (κ3) is 3.05. The number of likely N-dealkylation sites (tertiary alicyclic amines) is 1. The molecule has 1 aliphatic heterocycles. The van der Waals surface area contributed by atoms with Crippen LogP contribution in [0.2, 0.25) is 0 Å². The highest BCUT2D eigenvalue weighted by Crippen LogP contribution is 2.39. The zero-order valence-electron chi connectivity index (χ0n) is 11.7. The molecule has 4 heteroatoms. The third-order valence-corrected chi connectivity index (χ3v) is 3.98. The van der Waals surface area contributed by atoms with Gasteiger partial charge in [-0.25, -0.2) is 0 Å². The second kappa shape index (κ2) is 5.74. The van der Waals surface area contributed by atoms with E-state index < -0.39 is 0 Å². The molecule has 1 fully saturated rings. The fourth-order valence-electron chi connectivity index (χ4n) is 3.31. The van der Waals surface area contributed by atoms with Crippen LogP contribution in [0, 0.1) is 5.41 Å². The van der Waals surface area contributed by atoms with Crippen molar-refractivity contribution in [3.63, 3.8) is 0 Å². The summed E-state index contributed by atoms with van der Waals surface area (Å²) in [6.07, 6.45) is 9.00. The summed E-state index contributed by atoms with van der Waals surface area (Å²) in [6, 6.07) is 0. The van der Waals surface area contributed by atoms with Crippen LogP contribution in [0.15, 0.2) is 12.4 Å². The highest BCUT2D eigenvalue weighted by molar-refractivity contribution is 5.30. The molecule has 2 heterocycles. The summed E-state index contributed by atoms with van der Waals surface area (Å²) in [4.78, 5) is 2.54. The first-order valence-corrected chi connectivity index (χ1v) is 7.18. The van der Waals surface area contributed by atoms with E-state index in [9.17, 15) is 0 Å². The van der Waals surface area contributed by atoms with E-state index in [0.717, 1.165) is 18.8 Å². The van der Waals surface area contributed by atoms with Crippen LogP contribution < -0.4 is 5.73 Å². The number of hydrogen-bond acceptors (Lipinski definition) is 3. The zero-order valence-corrected chi connectivity index (χ0v) is 11.7. The summed E-state index contributed by atoms with van der Waals surface area (Å²) in [7, 11) is 0. The lowest BCUT2D eigenvalue weighted by Gasteiger charge is -2.51. The minimum Gasteiger partial charge on any atom is -0.396 e. The van der Waals surface area contributed by atoms with Gasteiger partial charge in [0.25, 0.3) is 0 Å². The first-order chi connectivity index (χ1) is 8.67. The molecule has 0 atom stereocenters. The summed E-state index contributed by atoms with van der Waals surface area (Å²) in [5.41, 5.74) is 7.03. The van der Waals surface area contributed by atoms with Crippen molar-refractivity contribution in [1.82, 2.24) is 14.7 Å². The van der Waals surface area contributed by atoms with Crippen molar-refractivity contribution in [2.24, 2.45) is 5.41 Å². The van der Waals surface area contributed by atoms with Crippen LogP contribution >= 0.6 is 0 Å². The molecule has 1 aliphatic rings. The Bertz CT molecular complexity index is 358. The van der Waals surface area contributed by atoms with E-state index in [4.69, 9.17) is 5.73 Å². The molecule has 0 amide bonds. The van der Waals surface area contributed by atoms with Crippen molar-refractivity contribution in [3.05, 3.63) is 12.4 Å². The van der Waals surface area contributed by atoms with Crippen molar-refractivity contribution in [2.45, 2.75) is 46.1 Å². The van der Waals surface area contributed by atoms with E-state index in [1.165, 1.54) is 38.8 Å². The molecule has 4 nitrogen and oxygen atoms in total. The van der Waals surface area contributed by atoms with Gasteiger partial charge in [-0.05, 0) is 18.3 Å². The minimum atomic E-state index is 0.618. The van der Waals surface area contributed by atoms with E-state index in [1.54, 1.807) is 6.20 Å². The number of anilines is 1. The number of rotatable bonds is 7. The Morgan fingerprint density at radius 3 is 2.39 bits per heavy atom. The predicted molar refractivity (Wildman–Crippen MR) is 75.3 cm³/mol. The summed E-state index contributed by atoms with van der Waals surface area (Å²) in [6.45, 7) is 9.18. The zero-order chi connectivity index (χ0) is 13.0. The van der Waals surface area contributed by atoms with Gasteiger partial charge in [0.2, 0.25) is 0 Å². The fourth-order valence-corrected chi connectivity index (χ4v) is 3.31. The van der Waals surface area contributed by atoms with E-state index in [-0.39, 0.29) is 0 Å². The lowest BCUT2D eigenvalue weighted by Crippen LogP contribution is -2.56. The highest BCUT2D eigenvalue weighted by atomic mass is 15.3. The quantitative estimate of drug-likeness (QED) is 0.808. The Morgan fingerprint density at radius 2 is 1.89 bits per heavy atom. The smallest absolute Gasteiger partial charge is 0.0719 e. The maximum Gasteiger partial charge on any atom is 0.0719 e. The first kappa shape index (κ1) is 13.4. The molecule has 0 radical (unpaired) electrons. The van der Waals surface area contributed by atoms with Crippen molar-refractivity contribution >= 4 is 5.69 Å². The molecule has 1 aromatic heterocycles. The van der Waals surface area contributed by atoms with Crippen molar-refractivity contribution < 1.29 is 0 Å². The van der Waals surface area contributed by atoms with E-state index in [0.29, 0.717) is 5.41 Å². The Balaban J connectivity index is 1.74. The van der Waals surface area contributed by atoms with Gasteiger partial charge in [-0.1, -0.05) is 26.7 Å². The van der Waals surface area contributed by atoms with Crippen molar-refractivity contribution in [2.75, 3.05) is 25.4 Å². The monoisotopic (exact) mass is 250 g/mol. The SMILES string of the molecule is CCCC1(CCC)CN(CCn2cc(N)cn2)C1. The van der Waals surface area contributed by atoms with Gasteiger partial charge in [0.05, 0.1) is 18.4 Å². The average Bonchev–Trinajstić information content (AvgIpc) is 2.70. The standard InChI is InChI=1S/C14H26N4/c1-3-5-14(6-4-2)11-17(12-14)7-8-18-10-13(15)9-16-18/h9-10H,3-8,11-12,15H2,1-2H3. The second-order valence-electron chi connectivity index (χ2n) is 5.75. The molecule has 2 rings (SSSR count). The molecular weight excluding hydrogens is 224 g/mol. The Hall–Kier alpha value is -1.03. The molecule has 0 saturated carbocycles. The van der Waals surface area contributed by atoms with Crippen LogP contribution in [0.4, 0.5) is 5.69 Å². The predicted octanol–water partition coefficient (Wildman–Crippen LogP) is 2.37. The van der Waals surface area contributed by atoms with Gasteiger partial charge in [0.15, 0.2) is 0 Å². The Kier molecular flexibility index (Phi) is 4.27. The van der Waals surface area contributed by atoms with Crippen molar-refractivity contribution in [3.8, 4) is 0 Å². The van der Waals surface area contributed by atoms with Crippen LogP contribution in [0.5, 0.6) is 0 Å². The minimum absolute atomic E-state index is 0.618. The topological polar surface area (TPSA) is 47.1 Å². The molecule has 2 N–H and O–H groups in total. The summed E-state index contributed by atoms with van der Waals surface area (Å²) < 4.78 is 1.94. The van der Waals surface area contributed by atoms with Crippen LogP contribution in [0.1, 0.15) is 39.5 Å². The lowest BCUT2D eigenvalue weighted by atomic mass is 9.73. The molecule has 1 aromatic rings.